The van der Waals surface area contributed by atoms with Crippen LogP contribution in [-0.2, 0) is 9.53 Å². The standard InChI is InChI=1S/C14H11ClN2O5S/c1-8-9(3-2-4-10(8)17(20)21)16-13(18)7-22-14(19)11-5-6-12(15)23-11/h2-6H,7H2,1H3,(H,16,18). The third-order valence-corrected chi connectivity index (χ3v) is 4.10. The second kappa shape index (κ2) is 7.21. The van der Waals surface area contributed by atoms with E-state index in [-0.39, 0.29) is 10.6 Å². The number of carbonyl (C=O) groups excluding carboxylic acids is 2. The van der Waals surface area contributed by atoms with Crippen molar-refractivity contribution in [3.63, 3.8) is 0 Å². The van der Waals surface area contributed by atoms with Crippen molar-refractivity contribution in [1.82, 2.24) is 0 Å². The van der Waals surface area contributed by atoms with Crippen LogP contribution in [-0.4, -0.2) is 23.4 Å². The van der Waals surface area contributed by atoms with Crippen molar-refractivity contribution < 1.29 is 19.2 Å². The fourth-order valence-corrected chi connectivity index (χ4v) is 2.71. The van der Waals surface area contributed by atoms with Gasteiger partial charge in [0.1, 0.15) is 4.88 Å². The summed E-state index contributed by atoms with van der Waals surface area (Å²) in [7, 11) is 0. The molecule has 0 aliphatic carbocycles. The van der Waals surface area contributed by atoms with Crippen LogP contribution in [0.3, 0.4) is 0 Å². The molecule has 1 amide bonds. The number of halogens is 1. The second-order valence-corrected chi connectivity index (χ2v) is 6.15. The van der Waals surface area contributed by atoms with Gasteiger partial charge in [-0.3, -0.25) is 14.9 Å². The van der Waals surface area contributed by atoms with Crippen LogP contribution in [0, 0.1) is 17.0 Å². The van der Waals surface area contributed by atoms with Gasteiger partial charge in [0.15, 0.2) is 6.61 Å². The molecule has 1 N–H and O–H groups in total. The van der Waals surface area contributed by atoms with Gasteiger partial charge < -0.3 is 10.1 Å². The number of ether oxygens (including phenoxy) is 1. The molecule has 2 rings (SSSR count). The molecule has 1 aromatic heterocycles. The zero-order valence-corrected chi connectivity index (χ0v) is 13.4. The van der Waals surface area contributed by atoms with Gasteiger partial charge in [-0.2, -0.15) is 0 Å². The van der Waals surface area contributed by atoms with E-state index in [0.717, 1.165) is 11.3 Å². The Hall–Kier alpha value is -2.45. The molecule has 7 nitrogen and oxygen atoms in total. The largest absolute Gasteiger partial charge is 0.451 e. The van der Waals surface area contributed by atoms with Gasteiger partial charge in [-0.05, 0) is 25.1 Å². The first-order valence-corrected chi connectivity index (χ1v) is 7.54. The molecule has 0 radical (unpaired) electrons. The third kappa shape index (κ3) is 4.27. The molecule has 0 spiro atoms. The van der Waals surface area contributed by atoms with E-state index < -0.39 is 23.4 Å². The van der Waals surface area contributed by atoms with Crippen LogP contribution in [0.15, 0.2) is 30.3 Å². The van der Waals surface area contributed by atoms with Crippen LogP contribution in [0.1, 0.15) is 15.2 Å². The highest BCUT2D eigenvalue weighted by Crippen LogP contribution is 2.25. The van der Waals surface area contributed by atoms with Crippen molar-refractivity contribution in [2.45, 2.75) is 6.92 Å². The lowest BCUT2D eigenvalue weighted by Gasteiger charge is -2.08. The second-order valence-electron chi connectivity index (χ2n) is 4.43. The topological polar surface area (TPSA) is 98.5 Å². The zero-order valence-electron chi connectivity index (χ0n) is 11.9. The van der Waals surface area contributed by atoms with Crippen molar-refractivity contribution in [2.24, 2.45) is 0 Å². The Labute approximate surface area is 140 Å². The molecule has 0 aliphatic rings. The van der Waals surface area contributed by atoms with Gasteiger partial charge in [-0.25, -0.2) is 4.79 Å². The third-order valence-electron chi connectivity index (χ3n) is 2.88. The van der Waals surface area contributed by atoms with Crippen molar-refractivity contribution in [3.05, 3.63) is 55.2 Å². The van der Waals surface area contributed by atoms with Crippen molar-refractivity contribution in [3.8, 4) is 0 Å². The van der Waals surface area contributed by atoms with E-state index >= 15 is 0 Å². The van der Waals surface area contributed by atoms with Gasteiger partial charge in [0, 0.05) is 6.07 Å². The predicted octanol–water partition coefficient (Wildman–Crippen LogP) is 3.41. The monoisotopic (exact) mass is 354 g/mol. The summed E-state index contributed by atoms with van der Waals surface area (Å²) in [5.74, 6) is -1.25. The van der Waals surface area contributed by atoms with Crippen LogP contribution >= 0.6 is 22.9 Å². The summed E-state index contributed by atoms with van der Waals surface area (Å²) in [5, 5.41) is 13.3. The fourth-order valence-electron chi connectivity index (χ4n) is 1.77. The highest BCUT2D eigenvalue weighted by atomic mass is 35.5. The maximum Gasteiger partial charge on any atom is 0.348 e. The highest BCUT2D eigenvalue weighted by molar-refractivity contribution is 7.17. The molecule has 0 unspecified atom stereocenters. The minimum atomic E-state index is -0.659. The minimum Gasteiger partial charge on any atom is -0.451 e. The van der Waals surface area contributed by atoms with Gasteiger partial charge in [0.05, 0.1) is 20.5 Å². The van der Waals surface area contributed by atoms with E-state index in [1.54, 1.807) is 6.07 Å². The fraction of sp³-hybridized carbons (Fsp3) is 0.143. The molecule has 2 aromatic rings. The maximum atomic E-state index is 11.8. The van der Waals surface area contributed by atoms with Gasteiger partial charge in [-0.1, -0.05) is 17.7 Å². The number of esters is 1. The Bertz CT molecular complexity index is 774. The Morgan fingerprint density at radius 1 is 1.35 bits per heavy atom. The number of hydrogen-bond acceptors (Lipinski definition) is 6. The van der Waals surface area contributed by atoms with Crippen LogP contribution in [0.25, 0.3) is 0 Å². The molecule has 9 heteroatoms. The van der Waals surface area contributed by atoms with Crippen molar-refractivity contribution in [1.29, 1.82) is 0 Å². The number of amides is 1. The highest BCUT2D eigenvalue weighted by Gasteiger charge is 2.16. The first-order valence-electron chi connectivity index (χ1n) is 6.35. The number of nitrogens with zero attached hydrogens (tertiary/aromatic N) is 1. The minimum absolute atomic E-state index is 0.104. The molecule has 0 saturated heterocycles. The molecule has 0 saturated carbocycles. The molecule has 0 atom stereocenters. The summed E-state index contributed by atoms with van der Waals surface area (Å²) in [6.07, 6.45) is 0. The average molecular weight is 355 g/mol. The van der Waals surface area contributed by atoms with Gasteiger partial charge in [0.25, 0.3) is 11.6 Å². The van der Waals surface area contributed by atoms with Crippen LogP contribution in [0.2, 0.25) is 4.34 Å². The molecule has 0 fully saturated rings. The summed E-state index contributed by atoms with van der Waals surface area (Å²) in [6, 6.07) is 7.38. The Morgan fingerprint density at radius 3 is 2.70 bits per heavy atom. The first-order chi connectivity index (χ1) is 10.9. The van der Waals surface area contributed by atoms with Crippen LogP contribution in [0.4, 0.5) is 11.4 Å². The van der Waals surface area contributed by atoms with Gasteiger partial charge in [0.2, 0.25) is 0 Å². The normalized spacial score (nSPS) is 10.2. The number of nitrogens with one attached hydrogen (secondary N) is 1. The van der Waals surface area contributed by atoms with Gasteiger partial charge in [-0.15, -0.1) is 11.3 Å². The van der Waals surface area contributed by atoms with E-state index in [1.165, 1.54) is 31.2 Å². The SMILES string of the molecule is Cc1c(NC(=O)COC(=O)c2ccc(Cl)s2)cccc1[N+](=O)[O-]. The molecule has 1 aromatic carbocycles. The molecule has 120 valence electrons. The van der Waals surface area contributed by atoms with Crippen molar-refractivity contribution >= 4 is 46.2 Å². The number of rotatable bonds is 5. The number of thiophene rings is 1. The lowest BCUT2D eigenvalue weighted by atomic mass is 10.1. The molecular weight excluding hydrogens is 344 g/mol. The van der Waals surface area contributed by atoms with E-state index in [1.807, 2.05) is 0 Å². The lowest BCUT2D eigenvalue weighted by Crippen LogP contribution is -2.21. The molecule has 1 heterocycles. The van der Waals surface area contributed by atoms with Gasteiger partial charge >= 0.3 is 5.97 Å². The van der Waals surface area contributed by atoms with Crippen LogP contribution < -0.4 is 5.32 Å². The van der Waals surface area contributed by atoms with E-state index in [9.17, 15) is 19.7 Å². The van der Waals surface area contributed by atoms with E-state index in [2.05, 4.69) is 5.32 Å². The number of carbonyl (C=O) groups is 2. The summed E-state index contributed by atoms with van der Waals surface area (Å²) in [5.41, 5.74) is 0.509. The number of nitro benzene ring substituents is 1. The quantitative estimate of drug-likeness (QED) is 0.504. The summed E-state index contributed by atoms with van der Waals surface area (Å²) >= 11 is 6.75. The lowest BCUT2D eigenvalue weighted by molar-refractivity contribution is -0.385. The predicted molar refractivity (Wildman–Crippen MR) is 86.1 cm³/mol. The van der Waals surface area contributed by atoms with E-state index in [0.29, 0.717) is 15.6 Å². The zero-order chi connectivity index (χ0) is 17.0. The Balaban J connectivity index is 1.96. The molecular formula is C14H11ClN2O5S. The number of anilines is 1. The number of nitro groups is 1. The van der Waals surface area contributed by atoms with Crippen molar-refractivity contribution in [2.75, 3.05) is 11.9 Å². The summed E-state index contributed by atoms with van der Waals surface area (Å²) < 4.78 is 5.30. The summed E-state index contributed by atoms with van der Waals surface area (Å²) in [4.78, 5) is 34.1. The number of hydrogen-bond donors (Lipinski definition) is 1. The smallest absolute Gasteiger partial charge is 0.348 e. The number of benzene rings is 1. The molecule has 0 bridgehead atoms. The first kappa shape index (κ1) is 16.9. The summed E-state index contributed by atoms with van der Waals surface area (Å²) in [6.45, 7) is 1.02. The molecule has 0 aliphatic heterocycles. The Morgan fingerprint density at radius 2 is 2.09 bits per heavy atom. The maximum absolute atomic E-state index is 11.8. The van der Waals surface area contributed by atoms with E-state index in [4.69, 9.17) is 16.3 Å². The average Bonchev–Trinajstić information content (AvgIpc) is 2.93. The van der Waals surface area contributed by atoms with Crippen LogP contribution in [0.5, 0.6) is 0 Å². The molecule has 23 heavy (non-hydrogen) atoms. The Kier molecular flexibility index (Phi) is 5.30.